The number of allylic oxidation sites excluding steroid dienone is 1. The van der Waals surface area contributed by atoms with E-state index < -0.39 is 41.2 Å². The van der Waals surface area contributed by atoms with Crippen LogP contribution in [0.1, 0.15) is 60.5 Å². The van der Waals surface area contributed by atoms with Gasteiger partial charge in [-0.25, -0.2) is 9.59 Å². The van der Waals surface area contributed by atoms with Gasteiger partial charge in [0, 0.05) is 0 Å². The molecule has 0 aromatic heterocycles. The molecule has 2 N–H and O–H groups in total. The molecule has 2 atom stereocenters. The molecular weight excluding hydrogens is 414 g/mol. The number of hydrogen-bond acceptors (Lipinski definition) is 7. The van der Waals surface area contributed by atoms with Crippen molar-refractivity contribution in [3.05, 3.63) is 42.2 Å². The minimum atomic E-state index is -1.16. The molecule has 0 unspecified atom stereocenters. The summed E-state index contributed by atoms with van der Waals surface area (Å²) < 4.78 is 15.9. The molecule has 32 heavy (non-hydrogen) atoms. The number of carbonyl (C=O) groups is 3. The van der Waals surface area contributed by atoms with Crippen LogP contribution in [0, 0.1) is 5.92 Å². The standard InChI is InChI=1S/C24H35NO7/c1-15(2)30-22(29)25-19(21(28)32-24(6,7)8)14-17(20(27)31-23(3,4)5)13-16-9-11-18(26)12-10-16/h9-12,17,19,26H,1,13-14H2,2-8H3,(H,25,29)/t17-,19-/m0/s1. The normalized spacial score (nSPS) is 13.5. The molecule has 0 saturated carbocycles. The average Bonchev–Trinajstić information content (AvgIpc) is 2.58. The fraction of sp³-hybridized carbons (Fsp3) is 0.542. The van der Waals surface area contributed by atoms with Crippen LogP contribution in [0.15, 0.2) is 36.6 Å². The zero-order valence-electron chi connectivity index (χ0n) is 20.0. The fourth-order valence-corrected chi connectivity index (χ4v) is 2.77. The molecule has 1 rings (SSSR count). The topological polar surface area (TPSA) is 111 Å². The Morgan fingerprint density at radius 3 is 1.94 bits per heavy atom. The van der Waals surface area contributed by atoms with E-state index in [1.54, 1.807) is 53.7 Å². The number of hydrogen-bond donors (Lipinski definition) is 2. The van der Waals surface area contributed by atoms with Crippen molar-refractivity contribution in [2.24, 2.45) is 5.92 Å². The van der Waals surface area contributed by atoms with Crippen molar-refractivity contribution >= 4 is 18.0 Å². The number of aromatic hydroxyl groups is 1. The van der Waals surface area contributed by atoms with Gasteiger partial charge < -0.3 is 24.6 Å². The van der Waals surface area contributed by atoms with Crippen LogP contribution in [0.2, 0.25) is 0 Å². The molecule has 8 nitrogen and oxygen atoms in total. The maximum absolute atomic E-state index is 13.0. The lowest BCUT2D eigenvalue weighted by molar-refractivity contribution is -0.162. The van der Waals surface area contributed by atoms with Gasteiger partial charge in [0.15, 0.2) is 0 Å². The van der Waals surface area contributed by atoms with Crippen molar-refractivity contribution in [3.63, 3.8) is 0 Å². The highest BCUT2D eigenvalue weighted by Gasteiger charge is 2.34. The number of nitrogens with one attached hydrogen (secondary N) is 1. The lowest BCUT2D eigenvalue weighted by Crippen LogP contribution is -2.46. The van der Waals surface area contributed by atoms with E-state index in [1.807, 2.05) is 0 Å². The Labute approximate surface area is 189 Å². The third kappa shape index (κ3) is 10.8. The van der Waals surface area contributed by atoms with E-state index in [0.29, 0.717) is 0 Å². The summed E-state index contributed by atoms with van der Waals surface area (Å²) in [6.45, 7) is 15.4. The molecule has 0 aliphatic heterocycles. The smallest absolute Gasteiger partial charge is 0.412 e. The Hall–Kier alpha value is -3.03. The lowest BCUT2D eigenvalue weighted by atomic mass is 9.92. The minimum absolute atomic E-state index is 0.0734. The van der Waals surface area contributed by atoms with Gasteiger partial charge in [0.1, 0.15) is 23.0 Å². The zero-order valence-corrected chi connectivity index (χ0v) is 20.0. The molecule has 1 amide bonds. The van der Waals surface area contributed by atoms with Crippen molar-refractivity contribution in [1.82, 2.24) is 5.32 Å². The summed E-state index contributed by atoms with van der Waals surface area (Å²) in [4.78, 5) is 37.9. The summed E-state index contributed by atoms with van der Waals surface area (Å²) in [6, 6.07) is 5.22. The third-order valence-electron chi connectivity index (χ3n) is 3.93. The van der Waals surface area contributed by atoms with Gasteiger partial charge in [-0.15, -0.1) is 0 Å². The number of ether oxygens (including phenoxy) is 3. The van der Waals surface area contributed by atoms with E-state index in [0.717, 1.165) is 5.56 Å². The molecule has 1 aromatic carbocycles. The second-order valence-electron chi connectivity index (χ2n) is 9.66. The Kier molecular flexibility index (Phi) is 9.30. The van der Waals surface area contributed by atoms with Crippen LogP contribution in [0.5, 0.6) is 5.75 Å². The molecule has 0 fully saturated rings. The first-order valence-electron chi connectivity index (χ1n) is 10.4. The average molecular weight is 450 g/mol. The summed E-state index contributed by atoms with van der Waals surface area (Å²) >= 11 is 0. The lowest BCUT2D eigenvalue weighted by Gasteiger charge is -2.28. The van der Waals surface area contributed by atoms with E-state index >= 15 is 0 Å². The Morgan fingerprint density at radius 1 is 0.969 bits per heavy atom. The van der Waals surface area contributed by atoms with Gasteiger partial charge in [-0.2, -0.15) is 0 Å². The Bertz CT molecular complexity index is 816. The molecule has 0 aliphatic carbocycles. The van der Waals surface area contributed by atoms with Crippen LogP contribution >= 0.6 is 0 Å². The summed E-state index contributed by atoms with van der Waals surface area (Å²) in [7, 11) is 0. The molecule has 0 spiro atoms. The molecule has 0 radical (unpaired) electrons. The molecule has 0 saturated heterocycles. The highest BCUT2D eigenvalue weighted by atomic mass is 16.6. The van der Waals surface area contributed by atoms with E-state index in [9.17, 15) is 19.5 Å². The summed E-state index contributed by atoms with van der Waals surface area (Å²) in [5.41, 5.74) is -0.780. The van der Waals surface area contributed by atoms with Gasteiger partial charge >= 0.3 is 18.0 Å². The van der Waals surface area contributed by atoms with Crippen LogP contribution in [0.25, 0.3) is 0 Å². The molecule has 0 aliphatic rings. The molecular formula is C24H35NO7. The van der Waals surface area contributed by atoms with Crippen molar-refractivity contribution in [3.8, 4) is 5.75 Å². The molecule has 178 valence electrons. The summed E-state index contributed by atoms with van der Waals surface area (Å²) in [5, 5.41) is 12.0. The van der Waals surface area contributed by atoms with Crippen LogP contribution in [-0.2, 0) is 30.2 Å². The predicted molar refractivity (Wildman–Crippen MR) is 120 cm³/mol. The maximum Gasteiger partial charge on any atom is 0.412 e. The SMILES string of the molecule is C=C(C)OC(=O)N[C@@H](C[C@H](Cc1ccc(O)cc1)C(=O)OC(C)(C)C)C(=O)OC(C)(C)C. The van der Waals surface area contributed by atoms with Gasteiger partial charge in [0.2, 0.25) is 0 Å². The number of phenols is 1. The van der Waals surface area contributed by atoms with Gasteiger partial charge in [-0.3, -0.25) is 4.79 Å². The van der Waals surface area contributed by atoms with Gasteiger partial charge in [0.25, 0.3) is 0 Å². The quantitative estimate of drug-likeness (QED) is 0.347. The van der Waals surface area contributed by atoms with Crippen LogP contribution in [0.3, 0.4) is 0 Å². The van der Waals surface area contributed by atoms with Crippen molar-refractivity contribution in [1.29, 1.82) is 0 Å². The number of esters is 2. The number of amides is 1. The Morgan fingerprint density at radius 2 is 1.47 bits per heavy atom. The van der Waals surface area contributed by atoms with E-state index in [1.165, 1.54) is 19.1 Å². The fourth-order valence-electron chi connectivity index (χ4n) is 2.77. The number of rotatable bonds is 8. The van der Waals surface area contributed by atoms with E-state index in [4.69, 9.17) is 14.2 Å². The molecule has 0 bridgehead atoms. The van der Waals surface area contributed by atoms with Gasteiger partial charge in [-0.05, 0) is 79.0 Å². The van der Waals surface area contributed by atoms with Crippen molar-refractivity contribution in [2.75, 3.05) is 0 Å². The largest absolute Gasteiger partial charge is 0.508 e. The van der Waals surface area contributed by atoms with Crippen molar-refractivity contribution in [2.45, 2.75) is 78.6 Å². The number of benzene rings is 1. The highest BCUT2D eigenvalue weighted by molar-refractivity contribution is 5.83. The number of carbonyl (C=O) groups excluding carboxylic acids is 3. The second-order valence-corrected chi connectivity index (χ2v) is 9.66. The van der Waals surface area contributed by atoms with Crippen LogP contribution in [0.4, 0.5) is 4.79 Å². The van der Waals surface area contributed by atoms with Crippen LogP contribution in [-0.4, -0.2) is 40.4 Å². The molecule has 8 heteroatoms. The molecule has 1 aromatic rings. The zero-order chi connectivity index (χ0) is 24.7. The van der Waals surface area contributed by atoms with Crippen LogP contribution < -0.4 is 5.32 Å². The Balaban J connectivity index is 3.19. The first kappa shape index (κ1) is 27.0. The summed E-state index contributed by atoms with van der Waals surface area (Å²) in [5.74, 6) is -1.75. The first-order chi connectivity index (χ1) is 14.6. The monoisotopic (exact) mass is 449 g/mol. The van der Waals surface area contributed by atoms with Gasteiger partial charge in [-0.1, -0.05) is 18.7 Å². The van der Waals surface area contributed by atoms with E-state index in [2.05, 4.69) is 11.9 Å². The second kappa shape index (κ2) is 11.0. The molecule has 0 heterocycles. The van der Waals surface area contributed by atoms with E-state index in [-0.39, 0.29) is 24.4 Å². The van der Waals surface area contributed by atoms with Gasteiger partial charge in [0.05, 0.1) is 11.7 Å². The predicted octanol–water partition coefficient (Wildman–Crippen LogP) is 4.25. The maximum atomic E-state index is 13.0. The minimum Gasteiger partial charge on any atom is -0.508 e. The summed E-state index contributed by atoms with van der Waals surface area (Å²) in [6.07, 6.45) is -0.720. The number of alkyl carbamates (subject to hydrolysis) is 1. The first-order valence-corrected chi connectivity index (χ1v) is 10.4. The highest BCUT2D eigenvalue weighted by Crippen LogP contribution is 2.23. The third-order valence-corrected chi connectivity index (χ3v) is 3.93. The van der Waals surface area contributed by atoms with Crippen molar-refractivity contribution < 1.29 is 33.7 Å². The number of phenolic OH excluding ortho intramolecular Hbond substituents is 1.